The Bertz CT molecular complexity index is 312. The van der Waals surface area contributed by atoms with Crippen molar-refractivity contribution in [2.24, 2.45) is 28.9 Å². The lowest BCUT2D eigenvalue weighted by atomic mass is 9.67. The van der Waals surface area contributed by atoms with Crippen LogP contribution < -0.4 is 5.73 Å². The monoisotopic (exact) mass is 294 g/mol. The van der Waals surface area contributed by atoms with Gasteiger partial charge in [-0.1, -0.05) is 27.7 Å². The van der Waals surface area contributed by atoms with E-state index in [1.807, 2.05) is 0 Å². The number of nitrogens with two attached hydrogens (primary N) is 1. The summed E-state index contributed by atoms with van der Waals surface area (Å²) in [6.45, 7) is 10.5. The zero-order chi connectivity index (χ0) is 15.6. The molecule has 3 atom stereocenters. The Labute approximate surface area is 132 Å². The summed E-state index contributed by atoms with van der Waals surface area (Å²) < 4.78 is 0. The fourth-order valence-corrected chi connectivity index (χ4v) is 4.69. The first kappa shape index (κ1) is 17.3. The molecule has 0 amide bonds. The molecule has 2 aliphatic rings. The highest BCUT2D eigenvalue weighted by Gasteiger charge is 2.39. The second kappa shape index (κ2) is 7.00. The third kappa shape index (κ3) is 4.22. The van der Waals surface area contributed by atoms with Gasteiger partial charge in [0.05, 0.1) is 0 Å². The van der Waals surface area contributed by atoms with Crippen LogP contribution in [0.5, 0.6) is 0 Å². The van der Waals surface area contributed by atoms with Gasteiger partial charge in [0.25, 0.3) is 0 Å². The van der Waals surface area contributed by atoms with Crippen LogP contribution >= 0.6 is 0 Å². The van der Waals surface area contributed by atoms with Crippen molar-refractivity contribution in [1.82, 2.24) is 4.90 Å². The molecule has 0 aromatic carbocycles. The van der Waals surface area contributed by atoms with Gasteiger partial charge in [-0.3, -0.25) is 0 Å². The second-order valence-electron chi connectivity index (χ2n) is 9.02. The van der Waals surface area contributed by atoms with Crippen LogP contribution in [-0.2, 0) is 0 Å². The molecule has 0 saturated heterocycles. The molecule has 3 unspecified atom stereocenters. The lowest BCUT2D eigenvalue weighted by molar-refractivity contribution is 0.0236. The fourth-order valence-electron chi connectivity index (χ4n) is 4.69. The van der Waals surface area contributed by atoms with Crippen molar-refractivity contribution in [3.63, 3.8) is 0 Å². The number of hydrogen-bond donors (Lipinski definition) is 1. The molecule has 2 aliphatic carbocycles. The molecule has 2 rings (SSSR count). The normalized spacial score (nSPS) is 38.7. The van der Waals surface area contributed by atoms with Crippen molar-refractivity contribution in [2.45, 2.75) is 84.7 Å². The minimum atomic E-state index is 0.444. The van der Waals surface area contributed by atoms with Crippen molar-refractivity contribution < 1.29 is 0 Å². The van der Waals surface area contributed by atoms with Gasteiger partial charge in [-0.25, -0.2) is 0 Å². The Morgan fingerprint density at radius 3 is 2.14 bits per heavy atom. The summed E-state index contributed by atoms with van der Waals surface area (Å²) in [6, 6.07) is 1.52. The second-order valence-corrected chi connectivity index (χ2v) is 9.02. The minimum absolute atomic E-state index is 0.444. The van der Waals surface area contributed by atoms with Crippen LogP contribution in [0.2, 0.25) is 0 Å². The Balaban J connectivity index is 2.02. The van der Waals surface area contributed by atoms with E-state index in [1.165, 1.54) is 44.9 Å². The predicted molar refractivity (Wildman–Crippen MR) is 92.3 cm³/mol. The zero-order valence-electron chi connectivity index (χ0n) is 15.1. The van der Waals surface area contributed by atoms with Gasteiger partial charge in [0.1, 0.15) is 0 Å². The summed E-state index contributed by atoms with van der Waals surface area (Å²) in [7, 11) is 2.39. The smallest absolute Gasteiger partial charge is 0.0138 e. The van der Waals surface area contributed by atoms with E-state index in [9.17, 15) is 0 Å². The molecule has 0 aromatic rings. The van der Waals surface area contributed by atoms with E-state index in [4.69, 9.17) is 5.73 Å². The van der Waals surface area contributed by atoms with Gasteiger partial charge >= 0.3 is 0 Å². The zero-order valence-corrected chi connectivity index (χ0v) is 15.1. The van der Waals surface area contributed by atoms with Crippen LogP contribution in [0.15, 0.2) is 0 Å². The van der Waals surface area contributed by atoms with E-state index in [2.05, 4.69) is 39.6 Å². The standard InChI is InChI=1S/C19H38N2/c1-14-6-10-17(11-7-14)21(5)18-12-16(19(2,3)4)9-8-15(18)13-20/h14-18H,6-13,20H2,1-5H3. The van der Waals surface area contributed by atoms with Crippen molar-refractivity contribution >= 4 is 0 Å². The molecule has 2 fully saturated rings. The summed E-state index contributed by atoms with van der Waals surface area (Å²) in [4.78, 5) is 2.74. The molecule has 0 heterocycles. The first-order valence-corrected chi connectivity index (χ1v) is 9.25. The van der Waals surface area contributed by atoms with Crippen molar-refractivity contribution in [2.75, 3.05) is 13.6 Å². The van der Waals surface area contributed by atoms with Gasteiger partial charge in [0.15, 0.2) is 0 Å². The largest absolute Gasteiger partial charge is 0.330 e. The Morgan fingerprint density at radius 1 is 1.00 bits per heavy atom. The third-order valence-electron chi connectivity index (χ3n) is 6.57. The Kier molecular flexibility index (Phi) is 5.76. The summed E-state index contributed by atoms with van der Waals surface area (Å²) >= 11 is 0. The average molecular weight is 295 g/mol. The van der Waals surface area contributed by atoms with E-state index in [1.54, 1.807) is 0 Å². The quantitative estimate of drug-likeness (QED) is 0.841. The van der Waals surface area contributed by atoms with Crippen molar-refractivity contribution in [3.8, 4) is 0 Å². The molecule has 0 aliphatic heterocycles. The lowest BCUT2D eigenvalue weighted by Gasteiger charge is -2.48. The van der Waals surface area contributed by atoms with Crippen LogP contribution in [-0.4, -0.2) is 30.6 Å². The number of nitrogens with zero attached hydrogens (tertiary/aromatic N) is 1. The lowest BCUT2D eigenvalue weighted by Crippen LogP contribution is -2.51. The molecular formula is C19H38N2. The molecule has 2 heteroatoms. The predicted octanol–water partition coefficient (Wildman–Crippen LogP) is 4.29. The first-order valence-electron chi connectivity index (χ1n) is 9.25. The SMILES string of the molecule is CC1CCC(N(C)C2CC(C(C)(C)C)CCC2CN)CC1. The van der Waals surface area contributed by atoms with Crippen molar-refractivity contribution in [3.05, 3.63) is 0 Å². The van der Waals surface area contributed by atoms with Gasteiger partial charge in [0.2, 0.25) is 0 Å². The van der Waals surface area contributed by atoms with E-state index in [0.717, 1.165) is 24.4 Å². The Hall–Kier alpha value is -0.0800. The van der Waals surface area contributed by atoms with Gasteiger partial charge < -0.3 is 10.6 Å². The van der Waals surface area contributed by atoms with Gasteiger partial charge in [-0.15, -0.1) is 0 Å². The molecule has 21 heavy (non-hydrogen) atoms. The maximum Gasteiger partial charge on any atom is 0.0138 e. The summed E-state index contributed by atoms with van der Waals surface area (Å²) in [6.07, 6.45) is 9.68. The highest BCUT2D eigenvalue weighted by Crippen LogP contribution is 2.42. The van der Waals surface area contributed by atoms with Crippen molar-refractivity contribution in [1.29, 1.82) is 0 Å². The fraction of sp³-hybridized carbons (Fsp3) is 1.00. The first-order chi connectivity index (χ1) is 9.82. The van der Waals surface area contributed by atoms with E-state index in [-0.39, 0.29) is 0 Å². The summed E-state index contributed by atoms with van der Waals surface area (Å²) in [5.74, 6) is 2.51. The van der Waals surface area contributed by atoms with Crippen LogP contribution in [0.25, 0.3) is 0 Å². The highest BCUT2D eigenvalue weighted by atomic mass is 15.2. The maximum absolute atomic E-state index is 6.11. The van der Waals surface area contributed by atoms with E-state index < -0.39 is 0 Å². The van der Waals surface area contributed by atoms with Gasteiger partial charge in [-0.2, -0.15) is 0 Å². The molecule has 2 nitrogen and oxygen atoms in total. The molecule has 0 radical (unpaired) electrons. The average Bonchev–Trinajstić information content (AvgIpc) is 2.45. The summed E-state index contributed by atoms with van der Waals surface area (Å²) in [5.41, 5.74) is 6.56. The van der Waals surface area contributed by atoms with Crippen LogP contribution in [0.4, 0.5) is 0 Å². The maximum atomic E-state index is 6.11. The molecule has 0 bridgehead atoms. The summed E-state index contributed by atoms with van der Waals surface area (Å²) in [5, 5.41) is 0. The molecule has 0 aromatic heterocycles. The molecule has 124 valence electrons. The number of rotatable bonds is 3. The van der Waals surface area contributed by atoms with Gasteiger partial charge in [0, 0.05) is 12.1 Å². The van der Waals surface area contributed by atoms with Crippen LogP contribution in [0, 0.1) is 23.2 Å². The molecular weight excluding hydrogens is 256 g/mol. The molecule has 2 N–H and O–H groups in total. The van der Waals surface area contributed by atoms with Gasteiger partial charge in [-0.05, 0) is 81.7 Å². The van der Waals surface area contributed by atoms with E-state index in [0.29, 0.717) is 17.4 Å². The third-order valence-corrected chi connectivity index (χ3v) is 6.57. The molecule has 2 saturated carbocycles. The Morgan fingerprint density at radius 2 is 1.62 bits per heavy atom. The van der Waals surface area contributed by atoms with Crippen LogP contribution in [0.1, 0.15) is 72.6 Å². The van der Waals surface area contributed by atoms with E-state index >= 15 is 0 Å². The minimum Gasteiger partial charge on any atom is -0.330 e. The molecule has 0 spiro atoms. The highest BCUT2D eigenvalue weighted by molar-refractivity contribution is 4.92. The topological polar surface area (TPSA) is 29.3 Å². The number of hydrogen-bond acceptors (Lipinski definition) is 2. The van der Waals surface area contributed by atoms with Crippen LogP contribution in [0.3, 0.4) is 0 Å².